The standard InChI is InChI=1S/C19H22N4O2/c1-19(2,25)14-9-13(14)17(24)22-18-21-15-7-6-11(10-20)8-16(15)23(18)12-4-3-5-12/h6-8,12-14,25H,3-5,9H2,1-2H3,(H,21,22,24)/t13?,14-/m0/s1. The van der Waals surface area contributed by atoms with Gasteiger partial charge in [-0.15, -0.1) is 0 Å². The van der Waals surface area contributed by atoms with E-state index >= 15 is 0 Å². The van der Waals surface area contributed by atoms with E-state index in [1.165, 1.54) is 6.42 Å². The molecule has 0 radical (unpaired) electrons. The number of carbonyl (C=O) groups is 1. The minimum atomic E-state index is -0.836. The van der Waals surface area contributed by atoms with E-state index in [4.69, 9.17) is 5.26 Å². The second-order valence-corrected chi connectivity index (χ2v) is 7.80. The number of benzene rings is 1. The summed E-state index contributed by atoms with van der Waals surface area (Å²) in [5.74, 6) is 0.313. The fourth-order valence-corrected chi connectivity index (χ4v) is 3.73. The number of imidazole rings is 1. The zero-order valence-electron chi connectivity index (χ0n) is 14.5. The van der Waals surface area contributed by atoms with Crippen LogP contribution >= 0.6 is 0 Å². The third-order valence-electron chi connectivity index (χ3n) is 5.53. The summed E-state index contributed by atoms with van der Waals surface area (Å²) in [7, 11) is 0. The lowest BCUT2D eigenvalue weighted by molar-refractivity contribution is -0.118. The molecule has 130 valence electrons. The zero-order chi connectivity index (χ0) is 17.8. The van der Waals surface area contributed by atoms with Crippen molar-refractivity contribution in [2.24, 2.45) is 11.8 Å². The summed E-state index contributed by atoms with van der Waals surface area (Å²) in [5, 5.41) is 22.2. The second-order valence-electron chi connectivity index (χ2n) is 7.80. The van der Waals surface area contributed by atoms with Crippen molar-refractivity contribution in [2.75, 3.05) is 5.32 Å². The van der Waals surface area contributed by atoms with Crippen molar-refractivity contribution in [3.8, 4) is 6.07 Å². The van der Waals surface area contributed by atoms with Crippen LogP contribution in [0.4, 0.5) is 5.95 Å². The molecule has 2 aliphatic carbocycles. The van der Waals surface area contributed by atoms with E-state index in [0.29, 0.717) is 24.0 Å². The number of nitrogens with one attached hydrogen (secondary N) is 1. The maximum atomic E-state index is 12.6. The molecule has 1 amide bonds. The van der Waals surface area contributed by atoms with Crippen molar-refractivity contribution in [1.82, 2.24) is 9.55 Å². The molecule has 0 spiro atoms. The van der Waals surface area contributed by atoms with Crippen LogP contribution in [0.15, 0.2) is 18.2 Å². The predicted molar refractivity (Wildman–Crippen MR) is 93.9 cm³/mol. The third kappa shape index (κ3) is 2.79. The summed E-state index contributed by atoms with van der Waals surface area (Å²) in [6, 6.07) is 7.90. The molecular weight excluding hydrogens is 316 g/mol. The van der Waals surface area contributed by atoms with Crippen molar-refractivity contribution in [3.63, 3.8) is 0 Å². The van der Waals surface area contributed by atoms with E-state index in [0.717, 1.165) is 23.9 Å². The molecule has 1 unspecified atom stereocenters. The monoisotopic (exact) mass is 338 g/mol. The Morgan fingerprint density at radius 2 is 2.20 bits per heavy atom. The number of nitrogens with zero attached hydrogens (tertiary/aromatic N) is 3. The lowest BCUT2D eigenvalue weighted by atomic mass is 9.92. The molecule has 2 aliphatic rings. The van der Waals surface area contributed by atoms with E-state index in [1.54, 1.807) is 19.9 Å². The first-order valence-corrected chi connectivity index (χ1v) is 8.84. The van der Waals surface area contributed by atoms with Crippen LogP contribution in [-0.2, 0) is 4.79 Å². The lowest BCUT2D eigenvalue weighted by Crippen LogP contribution is -2.27. The largest absolute Gasteiger partial charge is 0.390 e. The zero-order valence-corrected chi connectivity index (χ0v) is 14.5. The molecule has 2 fully saturated rings. The number of rotatable bonds is 4. The Morgan fingerprint density at radius 3 is 2.76 bits per heavy atom. The average Bonchev–Trinajstić information content (AvgIpc) is 3.26. The number of aliphatic hydroxyl groups is 1. The van der Waals surface area contributed by atoms with Gasteiger partial charge in [0.05, 0.1) is 28.3 Å². The minimum Gasteiger partial charge on any atom is -0.390 e. The topological polar surface area (TPSA) is 90.9 Å². The number of anilines is 1. The van der Waals surface area contributed by atoms with Gasteiger partial charge in [-0.05, 0) is 63.6 Å². The van der Waals surface area contributed by atoms with Crippen molar-refractivity contribution in [1.29, 1.82) is 5.26 Å². The summed E-state index contributed by atoms with van der Waals surface area (Å²) in [5.41, 5.74) is 1.44. The summed E-state index contributed by atoms with van der Waals surface area (Å²) in [6.07, 6.45) is 3.98. The van der Waals surface area contributed by atoms with Crippen LogP contribution in [0, 0.1) is 23.2 Å². The molecule has 0 aliphatic heterocycles. The van der Waals surface area contributed by atoms with Gasteiger partial charge < -0.3 is 9.67 Å². The smallest absolute Gasteiger partial charge is 0.230 e. The summed E-state index contributed by atoms with van der Waals surface area (Å²) in [4.78, 5) is 17.2. The molecular formula is C19H22N4O2. The van der Waals surface area contributed by atoms with Gasteiger partial charge in [0.15, 0.2) is 0 Å². The first kappa shape index (κ1) is 16.1. The van der Waals surface area contributed by atoms with Gasteiger partial charge in [0, 0.05) is 12.0 Å². The minimum absolute atomic E-state index is 0.000720. The molecule has 0 saturated heterocycles. The van der Waals surface area contributed by atoms with Crippen LogP contribution in [-0.4, -0.2) is 26.2 Å². The Hall–Kier alpha value is -2.39. The van der Waals surface area contributed by atoms with Crippen molar-refractivity contribution >= 4 is 22.9 Å². The van der Waals surface area contributed by atoms with Crippen LogP contribution in [0.25, 0.3) is 11.0 Å². The molecule has 1 aromatic heterocycles. The van der Waals surface area contributed by atoms with Gasteiger partial charge in [0.25, 0.3) is 0 Å². The summed E-state index contributed by atoms with van der Waals surface area (Å²) >= 11 is 0. The van der Waals surface area contributed by atoms with E-state index in [1.807, 2.05) is 12.1 Å². The van der Waals surface area contributed by atoms with E-state index < -0.39 is 5.60 Å². The van der Waals surface area contributed by atoms with Crippen LogP contribution < -0.4 is 5.32 Å². The molecule has 1 heterocycles. The maximum Gasteiger partial charge on any atom is 0.230 e. The van der Waals surface area contributed by atoms with Crippen LogP contribution in [0.3, 0.4) is 0 Å². The van der Waals surface area contributed by atoms with Gasteiger partial charge in [-0.2, -0.15) is 5.26 Å². The van der Waals surface area contributed by atoms with Gasteiger partial charge in [0.2, 0.25) is 11.9 Å². The Morgan fingerprint density at radius 1 is 1.44 bits per heavy atom. The molecule has 25 heavy (non-hydrogen) atoms. The Balaban J connectivity index is 1.65. The van der Waals surface area contributed by atoms with Gasteiger partial charge in [0.1, 0.15) is 0 Å². The SMILES string of the molecule is CC(C)(O)[C@H]1CC1C(=O)Nc1nc2ccc(C#N)cc2n1C1CCC1. The van der Waals surface area contributed by atoms with E-state index in [2.05, 4.69) is 20.9 Å². The molecule has 2 saturated carbocycles. The van der Waals surface area contributed by atoms with Crippen molar-refractivity contribution in [2.45, 2.75) is 51.2 Å². The Labute approximate surface area is 146 Å². The number of carbonyl (C=O) groups excluding carboxylic acids is 1. The highest BCUT2D eigenvalue weighted by Crippen LogP contribution is 2.47. The van der Waals surface area contributed by atoms with E-state index in [9.17, 15) is 9.90 Å². The Kier molecular flexibility index (Phi) is 3.58. The molecule has 6 nitrogen and oxygen atoms in total. The first-order chi connectivity index (χ1) is 11.9. The molecule has 6 heteroatoms. The maximum absolute atomic E-state index is 12.6. The van der Waals surface area contributed by atoms with Crippen LogP contribution in [0.2, 0.25) is 0 Å². The van der Waals surface area contributed by atoms with Gasteiger partial charge in [-0.25, -0.2) is 4.98 Å². The normalized spacial score (nSPS) is 23.1. The molecule has 0 bridgehead atoms. The summed E-state index contributed by atoms with van der Waals surface area (Å²) < 4.78 is 2.07. The fourth-order valence-electron chi connectivity index (χ4n) is 3.73. The number of fused-ring (bicyclic) bond motifs is 1. The van der Waals surface area contributed by atoms with Gasteiger partial charge in [-0.3, -0.25) is 10.1 Å². The number of hydrogen-bond acceptors (Lipinski definition) is 4. The number of amides is 1. The third-order valence-corrected chi connectivity index (χ3v) is 5.53. The number of hydrogen-bond donors (Lipinski definition) is 2. The molecule has 2 N–H and O–H groups in total. The fraction of sp³-hybridized carbons (Fsp3) is 0.526. The van der Waals surface area contributed by atoms with Crippen LogP contribution in [0.5, 0.6) is 0 Å². The average molecular weight is 338 g/mol. The quantitative estimate of drug-likeness (QED) is 0.896. The molecule has 2 aromatic rings. The second kappa shape index (κ2) is 5.57. The van der Waals surface area contributed by atoms with Crippen molar-refractivity contribution in [3.05, 3.63) is 23.8 Å². The van der Waals surface area contributed by atoms with Crippen LogP contribution in [0.1, 0.15) is 51.1 Å². The van der Waals surface area contributed by atoms with Crippen molar-refractivity contribution < 1.29 is 9.90 Å². The molecule has 2 atom stereocenters. The highest BCUT2D eigenvalue weighted by atomic mass is 16.3. The lowest BCUT2D eigenvalue weighted by Gasteiger charge is -2.29. The number of aromatic nitrogens is 2. The summed E-state index contributed by atoms with van der Waals surface area (Å²) in [6.45, 7) is 3.50. The Bertz CT molecular complexity index is 883. The highest BCUT2D eigenvalue weighted by Gasteiger charge is 2.51. The van der Waals surface area contributed by atoms with Gasteiger partial charge >= 0.3 is 0 Å². The predicted octanol–water partition coefficient (Wildman–Crippen LogP) is 2.98. The highest BCUT2D eigenvalue weighted by molar-refractivity contribution is 5.95. The number of nitriles is 1. The molecule has 1 aromatic carbocycles. The first-order valence-electron chi connectivity index (χ1n) is 8.84. The van der Waals surface area contributed by atoms with Gasteiger partial charge in [-0.1, -0.05) is 0 Å². The van der Waals surface area contributed by atoms with E-state index in [-0.39, 0.29) is 17.7 Å². The molecule has 4 rings (SSSR count).